The lowest BCUT2D eigenvalue weighted by Crippen LogP contribution is -2.07. The molecule has 0 bridgehead atoms. The summed E-state index contributed by atoms with van der Waals surface area (Å²) in [6, 6.07) is 10.5. The van der Waals surface area contributed by atoms with Gasteiger partial charge in [-0.25, -0.2) is 0 Å². The largest absolute Gasteiger partial charge is 0.505 e. The minimum absolute atomic E-state index is 0.0596. The zero-order valence-electron chi connectivity index (χ0n) is 11.1. The summed E-state index contributed by atoms with van der Waals surface area (Å²) in [5.74, 6) is -0.408. The predicted octanol–water partition coefficient (Wildman–Crippen LogP) is 4.49. The van der Waals surface area contributed by atoms with Gasteiger partial charge in [-0.15, -0.1) is 0 Å². The number of pyridine rings is 1. The van der Waals surface area contributed by atoms with Gasteiger partial charge in [-0.1, -0.05) is 29.3 Å². The maximum atomic E-state index is 12.7. The Morgan fingerprint density at radius 2 is 1.81 bits per heavy atom. The lowest BCUT2D eigenvalue weighted by atomic mass is 10.1. The molecule has 0 fully saturated rings. The SMILES string of the molecule is Cc1cc2ccccn2c1C(=O)c1cc(Cl)c(O)c(Cl)c1. The molecule has 0 aliphatic rings. The molecular formula is C16H11Cl2NO2. The summed E-state index contributed by atoms with van der Waals surface area (Å²) >= 11 is 11.8. The highest BCUT2D eigenvalue weighted by Gasteiger charge is 2.19. The summed E-state index contributed by atoms with van der Waals surface area (Å²) in [5.41, 5.74) is 2.71. The van der Waals surface area contributed by atoms with E-state index in [0.717, 1.165) is 11.1 Å². The van der Waals surface area contributed by atoms with Gasteiger partial charge in [0.15, 0.2) is 5.75 Å². The van der Waals surface area contributed by atoms with Crippen LogP contribution in [0, 0.1) is 6.92 Å². The molecule has 2 heterocycles. The Kier molecular flexibility index (Phi) is 3.40. The number of ketones is 1. The zero-order chi connectivity index (χ0) is 15.1. The lowest BCUT2D eigenvalue weighted by Gasteiger charge is -2.07. The summed E-state index contributed by atoms with van der Waals surface area (Å²) < 4.78 is 1.83. The topological polar surface area (TPSA) is 41.7 Å². The highest BCUT2D eigenvalue weighted by atomic mass is 35.5. The van der Waals surface area contributed by atoms with Gasteiger partial charge < -0.3 is 9.51 Å². The second-order valence-electron chi connectivity index (χ2n) is 4.79. The molecule has 3 nitrogen and oxygen atoms in total. The van der Waals surface area contributed by atoms with Crippen LogP contribution >= 0.6 is 23.2 Å². The molecule has 3 rings (SSSR count). The monoisotopic (exact) mass is 319 g/mol. The quantitative estimate of drug-likeness (QED) is 0.707. The van der Waals surface area contributed by atoms with E-state index >= 15 is 0 Å². The van der Waals surface area contributed by atoms with E-state index in [9.17, 15) is 9.90 Å². The Morgan fingerprint density at radius 1 is 1.14 bits per heavy atom. The van der Waals surface area contributed by atoms with E-state index in [-0.39, 0.29) is 21.6 Å². The van der Waals surface area contributed by atoms with E-state index < -0.39 is 0 Å². The normalized spacial score (nSPS) is 11.0. The highest BCUT2D eigenvalue weighted by molar-refractivity contribution is 6.37. The molecule has 21 heavy (non-hydrogen) atoms. The van der Waals surface area contributed by atoms with Crippen LogP contribution in [0.2, 0.25) is 10.0 Å². The van der Waals surface area contributed by atoms with Gasteiger partial charge in [0.1, 0.15) is 0 Å². The molecule has 0 aliphatic heterocycles. The van der Waals surface area contributed by atoms with Gasteiger partial charge in [-0.2, -0.15) is 0 Å². The van der Waals surface area contributed by atoms with Crippen LogP contribution < -0.4 is 0 Å². The average Bonchev–Trinajstić information content (AvgIpc) is 2.79. The highest BCUT2D eigenvalue weighted by Crippen LogP contribution is 2.33. The number of aromatic nitrogens is 1. The third-order valence-electron chi connectivity index (χ3n) is 3.36. The molecule has 106 valence electrons. The smallest absolute Gasteiger partial charge is 0.210 e. The standard InChI is InChI=1S/C16H11Cl2NO2/c1-9-6-11-4-2-3-5-19(11)14(9)15(20)10-7-12(17)16(21)13(18)8-10/h2-8,21H,1H3. The minimum atomic E-state index is -0.216. The molecule has 0 atom stereocenters. The Labute approximate surface area is 131 Å². The number of phenolic OH excluding ortho intramolecular Hbond substituents is 1. The number of phenols is 1. The van der Waals surface area contributed by atoms with E-state index in [2.05, 4.69) is 0 Å². The van der Waals surface area contributed by atoms with Gasteiger partial charge in [0.2, 0.25) is 5.78 Å². The molecule has 0 saturated carbocycles. The summed E-state index contributed by atoms with van der Waals surface area (Å²) in [4.78, 5) is 12.7. The van der Waals surface area contributed by atoms with Crippen molar-refractivity contribution >= 4 is 34.5 Å². The molecule has 0 unspecified atom stereocenters. The summed E-state index contributed by atoms with van der Waals surface area (Å²) in [6.45, 7) is 1.88. The maximum Gasteiger partial charge on any atom is 0.210 e. The van der Waals surface area contributed by atoms with Crippen LogP contribution in [0.25, 0.3) is 5.52 Å². The first-order valence-electron chi connectivity index (χ1n) is 6.28. The van der Waals surface area contributed by atoms with Crippen LogP contribution in [0.1, 0.15) is 21.6 Å². The molecule has 1 N–H and O–H groups in total. The van der Waals surface area contributed by atoms with Crippen LogP contribution in [-0.2, 0) is 0 Å². The second kappa shape index (κ2) is 5.10. The van der Waals surface area contributed by atoms with Crippen molar-refractivity contribution in [1.82, 2.24) is 4.40 Å². The number of aromatic hydroxyl groups is 1. The number of aryl methyl sites for hydroxylation is 1. The van der Waals surface area contributed by atoms with Crippen LogP contribution in [0.15, 0.2) is 42.6 Å². The van der Waals surface area contributed by atoms with Crippen molar-refractivity contribution in [3.63, 3.8) is 0 Å². The lowest BCUT2D eigenvalue weighted by molar-refractivity contribution is 0.103. The summed E-state index contributed by atoms with van der Waals surface area (Å²) in [7, 11) is 0. The minimum Gasteiger partial charge on any atom is -0.505 e. The number of hydrogen-bond acceptors (Lipinski definition) is 2. The predicted molar refractivity (Wildman–Crippen MR) is 83.7 cm³/mol. The molecule has 1 aromatic carbocycles. The maximum absolute atomic E-state index is 12.7. The third-order valence-corrected chi connectivity index (χ3v) is 3.94. The fourth-order valence-electron chi connectivity index (χ4n) is 2.38. The number of hydrogen-bond donors (Lipinski definition) is 1. The van der Waals surface area contributed by atoms with Gasteiger partial charge >= 0.3 is 0 Å². The third kappa shape index (κ3) is 2.28. The van der Waals surface area contributed by atoms with E-state index in [4.69, 9.17) is 23.2 Å². The molecule has 5 heteroatoms. The summed E-state index contributed by atoms with van der Waals surface area (Å²) in [5, 5.41) is 9.71. The van der Waals surface area contributed by atoms with E-state index in [1.54, 1.807) is 0 Å². The van der Waals surface area contributed by atoms with Gasteiger partial charge in [0, 0.05) is 17.3 Å². The number of fused-ring (bicyclic) bond motifs is 1. The van der Waals surface area contributed by atoms with Crippen molar-refractivity contribution in [2.75, 3.05) is 0 Å². The van der Waals surface area contributed by atoms with Crippen molar-refractivity contribution in [2.24, 2.45) is 0 Å². The number of nitrogens with zero attached hydrogens (tertiary/aromatic N) is 1. The Morgan fingerprint density at radius 3 is 2.48 bits per heavy atom. The van der Waals surface area contributed by atoms with E-state index in [1.165, 1.54) is 12.1 Å². The van der Waals surface area contributed by atoms with Gasteiger partial charge in [0.25, 0.3) is 0 Å². The number of carbonyl (C=O) groups is 1. The Bertz CT molecular complexity index is 845. The molecule has 0 amide bonds. The first-order chi connectivity index (χ1) is 9.99. The van der Waals surface area contributed by atoms with Crippen molar-refractivity contribution in [3.8, 4) is 5.75 Å². The molecule has 0 aliphatic carbocycles. The first-order valence-corrected chi connectivity index (χ1v) is 7.04. The molecule has 0 saturated heterocycles. The molecule has 0 radical (unpaired) electrons. The average molecular weight is 320 g/mol. The van der Waals surface area contributed by atoms with Crippen LogP contribution in [0.4, 0.5) is 0 Å². The van der Waals surface area contributed by atoms with Crippen molar-refractivity contribution in [1.29, 1.82) is 0 Å². The van der Waals surface area contributed by atoms with E-state index in [0.29, 0.717) is 11.3 Å². The van der Waals surface area contributed by atoms with Crippen LogP contribution in [0.5, 0.6) is 5.75 Å². The molecule has 2 aromatic heterocycles. The second-order valence-corrected chi connectivity index (χ2v) is 5.60. The fraction of sp³-hybridized carbons (Fsp3) is 0.0625. The van der Waals surface area contributed by atoms with Crippen LogP contribution in [0.3, 0.4) is 0 Å². The molecular weight excluding hydrogens is 309 g/mol. The first kappa shape index (κ1) is 14.0. The molecule has 3 aromatic rings. The van der Waals surface area contributed by atoms with Gasteiger partial charge in [-0.05, 0) is 42.8 Å². The fourth-order valence-corrected chi connectivity index (χ4v) is 2.87. The van der Waals surface area contributed by atoms with Crippen LogP contribution in [-0.4, -0.2) is 15.3 Å². The van der Waals surface area contributed by atoms with E-state index in [1.807, 2.05) is 41.8 Å². The zero-order valence-corrected chi connectivity index (χ0v) is 12.6. The Hall–Kier alpha value is -1.97. The Balaban J connectivity index is 2.19. The molecule has 0 spiro atoms. The number of benzene rings is 1. The number of rotatable bonds is 2. The van der Waals surface area contributed by atoms with Crippen molar-refractivity contribution < 1.29 is 9.90 Å². The number of carbonyl (C=O) groups excluding carboxylic acids is 1. The van der Waals surface area contributed by atoms with Gasteiger partial charge in [0.05, 0.1) is 15.7 Å². The van der Waals surface area contributed by atoms with Crippen molar-refractivity contribution in [3.05, 3.63) is 69.5 Å². The number of halogens is 2. The van der Waals surface area contributed by atoms with Gasteiger partial charge in [-0.3, -0.25) is 4.79 Å². The van der Waals surface area contributed by atoms with Crippen molar-refractivity contribution in [2.45, 2.75) is 6.92 Å². The summed E-state index contributed by atoms with van der Waals surface area (Å²) in [6.07, 6.45) is 1.83.